The van der Waals surface area contributed by atoms with E-state index in [0.29, 0.717) is 6.04 Å². The molecule has 0 aliphatic heterocycles. The van der Waals surface area contributed by atoms with Gasteiger partial charge in [0, 0.05) is 50.2 Å². The molecule has 1 atom stereocenters. The average Bonchev–Trinajstić information content (AvgIpc) is 3.15. The SMILES string of the molecule is CCc1cnc(CCNC(=NC)NCCC(C)N(C)Cc2ccccc2)s1.I. The first kappa shape index (κ1) is 24.8. The molecule has 7 heteroatoms. The van der Waals surface area contributed by atoms with Crippen LogP contribution in [-0.4, -0.2) is 49.1 Å². The Morgan fingerprint density at radius 3 is 2.57 bits per heavy atom. The number of aromatic nitrogens is 1. The molecule has 0 saturated heterocycles. The Bertz CT molecular complexity index is 689. The van der Waals surface area contributed by atoms with Crippen molar-refractivity contribution < 1.29 is 0 Å². The van der Waals surface area contributed by atoms with Crippen LogP contribution in [-0.2, 0) is 19.4 Å². The van der Waals surface area contributed by atoms with Crippen molar-refractivity contribution >= 4 is 41.3 Å². The van der Waals surface area contributed by atoms with Gasteiger partial charge in [-0.05, 0) is 32.4 Å². The van der Waals surface area contributed by atoms with Crippen LogP contribution in [0, 0.1) is 0 Å². The van der Waals surface area contributed by atoms with E-state index in [0.717, 1.165) is 44.9 Å². The zero-order valence-electron chi connectivity index (χ0n) is 17.4. The summed E-state index contributed by atoms with van der Waals surface area (Å²) in [6, 6.07) is 11.1. The number of rotatable bonds is 10. The fourth-order valence-corrected chi connectivity index (χ4v) is 3.64. The lowest BCUT2D eigenvalue weighted by molar-refractivity contribution is 0.238. The summed E-state index contributed by atoms with van der Waals surface area (Å²) in [5.41, 5.74) is 1.35. The third-order valence-corrected chi connectivity index (χ3v) is 5.89. The molecule has 0 radical (unpaired) electrons. The molecule has 0 saturated carbocycles. The summed E-state index contributed by atoms with van der Waals surface area (Å²) < 4.78 is 0. The van der Waals surface area contributed by atoms with E-state index in [1.54, 1.807) is 11.3 Å². The van der Waals surface area contributed by atoms with E-state index < -0.39 is 0 Å². The number of hydrogen-bond donors (Lipinski definition) is 2. The predicted octanol–water partition coefficient (Wildman–Crippen LogP) is 3.94. The fourth-order valence-electron chi connectivity index (χ4n) is 2.78. The van der Waals surface area contributed by atoms with Gasteiger partial charge in [0.25, 0.3) is 0 Å². The van der Waals surface area contributed by atoms with E-state index in [9.17, 15) is 0 Å². The van der Waals surface area contributed by atoms with Crippen LogP contribution in [0.3, 0.4) is 0 Å². The van der Waals surface area contributed by atoms with Crippen molar-refractivity contribution in [1.82, 2.24) is 20.5 Å². The van der Waals surface area contributed by atoms with E-state index in [4.69, 9.17) is 0 Å². The molecule has 28 heavy (non-hydrogen) atoms. The Morgan fingerprint density at radius 1 is 1.21 bits per heavy atom. The van der Waals surface area contributed by atoms with Gasteiger partial charge in [0.2, 0.25) is 0 Å². The molecule has 1 unspecified atom stereocenters. The van der Waals surface area contributed by atoms with Crippen LogP contribution in [0.1, 0.15) is 35.7 Å². The van der Waals surface area contributed by atoms with Crippen molar-refractivity contribution in [3.63, 3.8) is 0 Å². The number of guanidine groups is 1. The van der Waals surface area contributed by atoms with E-state index >= 15 is 0 Å². The third-order valence-electron chi connectivity index (χ3n) is 4.69. The van der Waals surface area contributed by atoms with Crippen molar-refractivity contribution in [2.24, 2.45) is 4.99 Å². The van der Waals surface area contributed by atoms with Gasteiger partial charge in [-0.2, -0.15) is 0 Å². The number of benzene rings is 1. The number of nitrogens with one attached hydrogen (secondary N) is 2. The zero-order valence-corrected chi connectivity index (χ0v) is 20.6. The number of aliphatic imine (C=N–C) groups is 1. The van der Waals surface area contributed by atoms with Gasteiger partial charge in [-0.1, -0.05) is 37.3 Å². The lowest BCUT2D eigenvalue weighted by Crippen LogP contribution is -2.40. The molecule has 2 rings (SSSR count). The molecule has 0 fully saturated rings. The minimum absolute atomic E-state index is 0. The fraction of sp³-hybridized carbons (Fsp3) is 0.524. The lowest BCUT2D eigenvalue weighted by atomic mass is 10.1. The highest BCUT2D eigenvalue weighted by molar-refractivity contribution is 14.0. The summed E-state index contributed by atoms with van der Waals surface area (Å²) in [5, 5.41) is 7.98. The Kier molecular flexibility index (Phi) is 12.3. The number of halogens is 1. The maximum Gasteiger partial charge on any atom is 0.190 e. The summed E-state index contributed by atoms with van der Waals surface area (Å²) in [5.74, 6) is 0.861. The number of aryl methyl sites for hydroxylation is 1. The molecule has 1 heterocycles. The van der Waals surface area contributed by atoms with Gasteiger partial charge in [-0.15, -0.1) is 35.3 Å². The molecular formula is C21H34IN5S. The van der Waals surface area contributed by atoms with Crippen LogP contribution < -0.4 is 10.6 Å². The quantitative estimate of drug-likeness (QED) is 0.286. The van der Waals surface area contributed by atoms with Gasteiger partial charge in [-0.3, -0.25) is 9.89 Å². The first-order valence-corrected chi connectivity index (χ1v) is 10.6. The maximum atomic E-state index is 4.46. The standard InChI is InChI=1S/C21H33N5S.HI/c1-5-19-15-25-20(27-19)12-14-24-21(22-3)23-13-11-17(2)26(4)16-18-9-7-6-8-10-18;/h6-10,15,17H,5,11-14,16H2,1-4H3,(H2,22,23,24);1H. The van der Waals surface area contributed by atoms with Crippen LogP contribution in [0.5, 0.6) is 0 Å². The molecule has 5 nitrogen and oxygen atoms in total. The number of nitrogens with zero attached hydrogens (tertiary/aromatic N) is 3. The smallest absolute Gasteiger partial charge is 0.190 e. The second-order valence-corrected chi connectivity index (χ2v) is 7.99. The van der Waals surface area contributed by atoms with Crippen LogP contribution in [0.2, 0.25) is 0 Å². The van der Waals surface area contributed by atoms with Gasteiger partial charge in [0.15, 0.2) is 5.96 Å². The first-order valence-electron chi connectivity index (χ1n) is 9.74. The number of thiazole rings is 1. The third kappa shape index (κ3) is 8.87. The topological polar surface area (TPSA) is 52.6 Å². The summed E-state index contributed by atoms with van der Waals surface area (Å²) >= 11 is 1.80. The van der Waals surface area contributed by atoms with Crippen LogP contribution in [0.4, 0.5) is 0 Å². The highest BCUT2D eigenvalue weighted by atomic mass is 127. The average molecular weight is 516 g/mol. The molecule has 0 bridgehead atoms. The maximum absolute atomic E-state index is 4.46. The van der Waals surface area contributed by atoms with Gasteiger partial charge < -0.3 is 10.6 Å². The molecule has 0 aliphatic rings. The molecule has 0 aliphatic carbocycles. The molecule has 0 amide bonds. The normalized spacial score (nSPS) is 12.5. The number of hydrogen-bond acceptors (Lipinski definition) is 4. The summed E-state index contributed by atoms with van der Waals surface area (Å²) in [6.45, 7) is 7.16. The molecule has 156 valence electrons. The van der Waals surface area contributed by atoms with Crippen molar-refractivity contribution in [2.45, 2.75) is 45.7 Å². The van der Waals surface area contributed by atoms with Gasteiger partial charge >= 0.3 is 0 Å². The van der Waals surface area contributed by atoms with E-state index in [1.165, 1.54) is 15.4 Å². The van der Waals surface area contributed by atoms with Crippen LogP contribution >= 0.6 is 35.3 Å². The Morgan fingerprint density at radius 2 is 1.93 bits per heavy atom. The van der Waals surface area contributed by atoms with Crippen molar-refractivity contribution in [1.29, 1.82) is 0 Å². The first-order chi connectivity index (χ1) is 13.1. The largest absolute Gasteiger partial charge is 0.356 e. The lowest BCUT2D eigenvalue weighted by Gasteiger charge is -2.25. The van der Waals surface area contributed by atoms with Gasteiger partial charge in [0.1, 0.15) is 0 Å². The summed E-state index contributed by atoms with van der Waals surface area (Å²) in [6.07, 6.45) is 5.05. The molecule has 1 aromatic heterocycles. The highest BCUT2D eigenvalue weighted by Crippen LogP contribution is 2.13. The Hall–Kier alpha value is -1.19. The second kappa shape index (κ2) is 13.9. The molecule has 0 spiro atoms. The van der Waals surface area contributed by atoms with Gasteiger partial charge in [0.05, 0.1) is 5.01 Å². The van der Waals surface area contributed by atoms with E-state index in [2.05, 4.69) is 76.7 Å². The molecule has 1 aromatic carbocycles. The van der Waals surface area contributed by atoms with Gasteiger partial charge in [-0.25, -0.2) is 4.98 Å². The monoisotopic (exact) mass is 515 g/mol. The van der Waals surface area contributed by atoms with E-state index in [-0.39, 0.29) is 24.0 Å². The summed E-state index contributed by atoms with van der Waals surface area (Å²) in [7, 11) is 4.00. The van der Waals surface area contributed by atoms with Crippen molar-refractivity contribution in [2.75, 3.05) is 27.2 Å². The van der Waals surface area contributed by atoms with Crippen LogP contribution in [0.15, 0.2) is 41.5 Å². The van der Waals surface area contributed by atoms with Crippen molar-refractivity contribution in [3.8, 4) is 0 Å². The molecule has 2 aromatic rings. The summed E-state index contributed by atoms with van der Waals surface area (Å²) in [4.78, 5) is 12.5. The Balaban J connectivity index is 0.00000392. The van der Waals surface area contributed by atoms with Crippen LogP contribution in [0.25, 0.3) is 0 Å². The Labute approximate surface area is 191 Å². The highest BCUT2D eigenvalue weighted by Gasteiger charge is 2.10. The minimum Gasteiger partial charge on any atom is -0.356 e. The second-order valence-electron chi connectivity index (χ2n) is 6.79. The van der Waals surface area contributed by atoms with Crippen molar-refractivity contribution in [3.05, 3.63) is 52.0 Å². The predicted molar refractivity (Wildman–Crippen MR) is 132 cm³/mol. The molecule has 2 N–H and O–H groups in total. The minimum atomic E-state index is 0. The van der Waals surface area contributed by atoms with E-state index in [1.807, 2.05) is 13.2 Å². The molecular weight excluding hydrogens is 481 g/mol. The zero-order chi connectivity index (χ0) is 19.5.